The third-order valence-corrected chi connectivity index (χ3v) is 9.99. The number of rotatable bonds is 6. The van der Waals surface area contributed by atoms with Crippen LogP contribution in [0.3, 0.4) is 0 Å². The lowest BCUT2D eigenvalue weighted by Crippen LogP contribution is -2.54. The first-order valence-corrected chi connectivity index (χ1v) is 13.4. The van der Waals surface area contributed by atoms with Gasteiger partial charge in [-0.25, -0.2) is 0 Å². The molecule has 0 bridgehead atoms. The van der Waals surface area contributed by atoms with Gasteiger partial charge in [0.05, 0.1) is 29.8 Å². The summed E-state index contributed by atoms with van der Waals surface area (Å²) in [5.41, 5.74) is 0. The highest BCUT2D eigenvalue weighted by atomic mass is 32.2. The molecule has 3 fully saturated rings. The summed E-state index contributed by atoms with van der Waals surface area (Å²) in [6.07, 6.45) is 8.54. The van der Waals surface area contributed by atoms with Crippen LogP contribution in [-0.4, -0.2) is 131 Å². The number of aliphatic hydroxyl groups is 1. The van der Waals surface area contributed by atoms with E-state index < -0.39 is 27.4 Å². The first-order valence-electron chi connectivity index (χ1n) is 12.6. The predicted octanol–water partition coefficient (Wildman–Crippen LogP) is -0.185. The van der Waals surface area contributed by atoms with Crippen molar-refractivity contribution in [1.82, 2.24) is 19.6 Å². The van der Waals surface area contributed by atoms with Gasteiger partial charge in [-0.1, -0.05) is 24.3 Å². The number of hydrogen-bond donors (Lipinski definition) is 1. The Morgan fingerprint density at radius 1 is 1.00 bits per heavy atom. The number of morpholine rings is 1. The van der Waals surface area contributed by atoms with E-state index in [2.05, 4.69) is 17.1 Å². The standard InChI is InChI=1S/C25H36N4O5S/c1-24-6-3-8-26(2)21(31)18(24)19-22(32)29(10-5-15-30)20-23(33)28(9-4-7-25(19,20)35-24)12-11-27-13-16-34-17-14-27/h3-4,6-7,18-20,30H,5,8-17H2,1-2H3/t18-,19-,20?,24+,25-/m0/s1. The second-order valence-electron chi connectivity index (χ2n) is 10.4. The average Bonchev–Trinajstić information content (AvgIpc) is 3.12. The van der Waals surface area contributed by atoms with Crippen LogP contribution < -0.4 is 0 Å². The summed E-state index contributed by atoms with van der Waals surface area (Å²) in [5, 5.41) is 9.52. The molecule has 0 radical (unpaired) electrons. The van der Waals surface area contributed by atoms with Crippen LogP contribution in [0, 0.1) is 11.8 Å². The van der Waals surface area contributed by atoms with Crippen molar-refractivity contribution in [2.75, 3.05) is 72.7 Å². The third kappa shape index (κ3) is 4.02. The molecule has 0 aliphatic carbocycles. The topological polar surface area (TPSA) is 93.6 Å². The second kappa shape index (κ2) is 9.53. The molecule has 0 aromatic carbocycles. The zero-order valence-corrected chi connectivity index (χ0v) is 21.4. The van der Waals surface area contributed by atoms with Gasteiger partial charge >= 0.3 is 0 Å². The maximum absolute atomic E-state index is 14.1. The quantitative estimate of drug-likeness (QED) is 0.502. The molecule has 5 aliphatic rings. The van der Waals surface area contributed by atoms with Gasteiger partial charge in [0.15, 0.2) is 0 Å². The van der Waals surface area contributed by atoms with Crippen LogP contribution in [0.5, 0.6) is 0 Å². The average molecular weight is 505 g/mol. The minimum Gasteiger partial charge on any atom is -0.396 e. The number of likely N-dealkylation sites (N-methyl/N-ethyl adjacent to an activating group) is 1. The number of carbonyl (C=O) groups is 3. The zero-order valence-electron chi connectivity index (χ0n) is 20.6. The van der Waals surface area contributed by atoms with Gasteiger partial charge in [0.2, 0.25) is 17.7 Å². The van der Waals surface area contributed by atoms with E-state index in [9.17, 15) is 19.5 Å². The number of nitrogens with zero attached hydrogens (tertiary/aromatic N) is 4. The molecule has 5 heterocycles. The van der Waals surface area contributed by atoms with Crippen molar-refractivity contribution >= 4 is 29.5 Å². The van der Waals surface area contributed by atoms with Crippen molar-refractivity contribution in [1.29, 1.82) is 0 Å². The monoisotopic (exact) mass is 504 g/mol. The number of hydrogen-bond acceptors (Lipinski definition) is 7. The summed E-state index contributed by atoms with van der Waals surface area (Å²) in [4.78, 5) is 49.2. The van der Waals surface area contributed by atoms with E-state index in [1.807, 2.05) is 24.0 Å². The molecule has 35 heavy (non-hydrogen) atoms. The van der Waals surface area contributed by atoms with Crippen molar-refractivity contribution in [3.05, 3.63) is 24.3 Å². The van der Waals surface area contributed by atoms with Gasteiger partial charge in [-0.05, 0) is 13.3 Å². The lowest BCUT2D eigenvalue weighted by atomic mass is 9.74. The van der Waals surface area contributed by atoms with Gasteiger partial charge in [0.25, 0.3) is 0 Å². The van der Waals surface area contributed by atoms with E-state index in [1.165, 1.54) is 0 Å². The molecule has 1 N–H and O–H groups in total. The molecular formula is C25H36N4O5S. The molecule has 0 aromatic heterocycles. The predicted molar refractivity (Wildman–Crippen MR) is 133 cm³/mol. The number of amides is 3. The fourth-order valence-corrected chi connectivity index (χ4v) is 8.62. The Labute approximate surface area is 211 Å². The number of ether oxygens (including phenoxy) is 1. The Bertz CT molecular complexity index is 937. The highest BCUT2D eigenvalue weighted by molar-refractivity contribution is 8.02. The summed E-state index contributed by atoms with van der Waals surface area (Å²) < 4.78 is 4.06. The molecule has 0 aromatic rings. The van der Waals surface area contributed by atoms with Crippen molar-refractivity contribution in [2.24, 2.45) is 11.8 Å². The molecule has 9 nitrogen and oxygen atoms in total. The van der Waals surface area contributed by atoms with E-state index in [0.717, 1.165) is 19.6 Å². The van der Waals surface area contributed by atoms with Gasteiger partial charge in [-0.2, -0.15) is 0 Å². The summed E-state index contributed by atoms with van der Waals surface area (Å²) in [7, 11) is 1.77. The lowest BCUT2D eigenvalue weighted by Gasteiger charge is -2.37. The van der Waals surface area contributed by atoms with Crippen LogP contribution in [0.4, 0.5) is 0 Å². The molecule has 1 spiro atoms. The SMILES string of the molecule is CN1CC=C[C@@]2(C)S[C@]34C=CCN(CCN5CCOCC5)C(=O)C3N(CCCO)C(=O)[C@@H]4[C@H]2C1=O. The molecule has 192 valence electrons. The Kier molecular flexibility index (Phi) is 6.76. The van der Waals surface area contributed by atoms with Gasteiger partial charge < -0.3 is 24.5 Å². The van der Waals surface area contributed by atoms with E-state index in [-0.39, 0.29) is 24.3 Å². The van der Waals surface area contributed by atoms with E-state index >= 15 is 0 Å². The Hall–Kier alpha value is -1.88. The maximum Gasteiger partial charge on any atom is 0.247 e. The Morgan fingerprint density at radius 2 is 1.74 bits per heavy atom. The molecule has 10 heteroatoms. The molecule has 0 saturated carbocycles. The van der Waals surface area contributed by atoms with Crippen molar-refractivity contribution in [2.45, 2.75) is 28.9 Å². The van der Waals surface area contributed by atoms with Gasteiger partial charge in [-0.3, -0.25) is 19.3 Å². The summed E-state index contributed by atoms with van der Waals surface area (Å²) >= 11 is 1.60. The first kappa shape index (κ1) is 24.8. The van der Waals surface area contributed by atoms with Crippen molar-refractivity contribution < 1.29 is 24.2 Å². The van der Waals surface area contributed by atoms with E-state index in [0.29, 0.717) is 45.8 Å². The summed E-state index contributed by atoms with van der Waals surface area (Å²) in [5.74, 6) is -1.40. The molecule has 3 saturated heterocycles. The number of carbonyl (C=O) groups excluding carboxylic acids is 3. The van der Waals surface area contributed by atoms with Gasteiger partial charge in [0.1, 0.15) is 6.04 Å². The molecule has 3 amide bonds. The second-order valence-corrected chi connectivity index (χ2v) is 12.2. The third-order valence-electron chi connectivity index (χ3n) is 8.19. The number of fused-ring (bicyclic) bond motifs is 2. The fraction of sp³-hybridized carbons (Fsp3) is 0.720. The van der Waals surface area contributed by atoms with Crippen LogP contribution in [0.25, 0.3) is 0 Å². The van der Waals surface area contributed by atoms with Gasteiger partial charge in [-0.15, -0.1) is 11.8 Å². The van der Waals surface area contributed by atoms with Crippen LogP contribution in [-0.2, 0) is 19.1 Å². The van der Waals surface area contributed by atoms with Crippen LogP contribution in [0.2, 0.25) is 0 Å². The Morgan fingerprint density at radius 3 is 2.49 bits per heavy atom. The normalized spacial score (nSPS) is 37.4. The zero-order chi connectivity index (χ0) is 24.8. The minimum atomic E-state index is -0.811. The lowest BCUT2D eigenvalue weighted by molar-refractivity contribution is -0.144. The van der Waals surface area contributed by atoms with Crippen LogP contribution in [0.1, 0.15) is 13.3 Å². The molecule has 5 atom stereocenters. The van der Waals surface area contributed by atoms with E-state index in [1.54, 1.807) is 28.6 Å². The summed E-state index contributed by atoms with van der Waals surface area (Å²) in [6.45, 7) is 7.74. The molecule has 5 aliphatic heterocycles. The van der Waals surface area contributed by atoms with Crippen LogP contribution >= 0.6 is 11.8 Å². The van der Waals surface area contributed by atoms with E-state index in [4.69, 9.17) is 4.74 Å². The minimum absolute atomic E-state index is 0.0442. The van der Waals surface area contributed by atoms with Gasteiger partial charge in [0, 0.05) is 64.2 Å². The number of thioether (sulfide) groups is 1. The maximum atomic E-state index is 14.1. The Balaban J connectivity index is 1.50. The fourth-order valence-electron chi connectivity index (χ4n) is 6.46. The number of likely N-dealkylation sites (tertiary alicyclic amines) is 1. The summed E-state index contributed by atoms with van der Waals surface area (Å²) in [6, 6.07) is -0.685. The highest BCUT2D eigenvalue weighted by Crippen LogP contribution is 2.65. The largest absolute Gasteiger partial charge is 0.396 e. The van der Waals surface area contributed by atoms with Crippen molar-refractivity contribution in [3.8, 4) is 0 Å². The molecular weight excluding hydrogens is 468 g/mol. The number of aliphatic hydroxyl groups excluding tert-OH is 1. The smallest absolute Gasteiger partial charge is 0.247 e. The van der Waals surface area contributed by atoms with Crippen LogP contribution in [0.15, 0.2) is 24.3 Å². The highest BCUT2D eigenvalue weighted by Gasteiger charge is 2.73. The first-order chi connectivity index (χ1) is 16.8. The molecule has 5 rings (SSSR count). The molecule has 1 unspecified atom stereocenters. The van der Waals surface area contributed by atoms with Crippen molar-refractivity contribution in [3.63, 3.8) is 0 Å².